The van der Waals surface area contributed by atoms with Crippen LogP contribution >= 0.6 is 12.4 Å². The number of hydrogen-bond acceptors (Lipinski definition) is 1. The highest BCUT2D eigenvalue weighted by Crippen LogP contribution is 2.20. The van der Waals surface area contributed by atoms with Crippen LogP contribution in [0.3, 0.4) is 0 Å². The van der Waals surface area contributed by atoms with E-state index < -0.39 is 0 Å². The van der Waals surface area contributed by atoms with Gasteiger partial charge in [0.05, 0.1) is 0 Å². The summed E-state index contributed by atoms with van der Waals surface area (Å²) in [6.45, 7) is 2.27. The molecule has 1 aliphatic rings. The third-order valence-electron chi connectivity index (χ3n) is 2.43. The van der Waals surface area contributed by atoms with Gasteiger partial charge in [-0.05, 0) is 18.8 Å². The predicted molar refractivity (Wildman–Crippen MR) is 47.5 cm³/mol. The molecule has 0 amide bonds. The number of rotatable bonds is 0. The lowest BCUT2D eigenvalue weighted by molar-refractivity contribution is 0.432. The van der Waals surface area contributed by atoms with Gasteiger partial charge in [0.1, 0.15) is 0 Å². The van der Waals surface area contributed by atoms with Gasteiger partial charge in [-0.1, -0.05) is 26.2 Å². The van der Waals surface area contributed by atoms with Crippen LogP contribution in [0, 0.1) is 5.92 Å². The van der Waals surface area contributed by atoms with Crippen LogP contribution in [-0.2, 0) is 0 Å². The average Bonchev–Trinajstić information content (AvgIpc) is 1.99. The van der Waals surface area contributed by atoms with Gasteiger partial charge in [-0.2, -0.15) is 0 Å². The molecule has 2 heteroatoms. The van der Waals surface area contributed by atoms with Gasteiger partial charge in [-0.3, -0.25) is 0 Å². The second-order valence-corrected chi connectivity index (χ2v) is 3.28. The van der Waals surface area contributed by atoms with Crippen molar-refractivity contribution in [2.75, 3.05) is 0 Å². The number of halogens is 1. The fraction of sp³-hybridized carbons (Fsp3) is 1.00. The van der Waals surface area contributed by atoms with Crippen molar-refractivity contribution in [2.45, 2.75) is 45.1 Å². The molecular formula is C8H18ClN. The van der Waals surface area contributed by atoms with Gasteiger partial charge in [0.15, 0.2) is 0 Å². The minimum Gasteiger partial charge on any atom is -0.327 e. The Bertz CT molecular complexity index is 75.3. The Hall–Kier alpha value is 0.250. The van der Waals surface area contributed by atoms with E-state index in [0.29, 0.717) is 6.04 Å². The summed E-state index contributed by atoms with van der Waals surface area (Å²) in [5.41, 5.74) is 5.88. The maximum absolute atomic E-state index is 5.88. The van der Waals surface area contributed by atoms with Crippen molar-refractivity contribution < 1.29 is 0 Å². The lowest BCUT2D eigenvalue weighted by Crippen LogP contribution is -2.26. The molecule has 10 heavy (non-hydrogen) atoms. The number of hydrogen-bond donors (Lipinski definition) is 1. The van der Waals surface area contributed by atoms with Crippen molar-refractivity contribution in [1.82, 2.24) is 0 Å². The van der Waals surface area contributed by atoms with Crippen LogP contribution in [0.15, 0.2) is 0 Å². The largest absolute Gasteiger partial charge is 0.327 e. The zero-order valence-corrected chi connectivity index (χ0v) is 7.49. The zero-order chi connectivity index (χ0) is 6.69. The summed E-state index contributed by atoms with van der Waals surface area (Å²) in [6, 6.07) is 0.493. The Kier molecular flexibility index (Phi) is 5.10. The lowest BCUT2D eigenvalue weighted by atomic mass is 9.98. The van der Waals surface area contributed by atoms with E-state index in [1.807, 2.05) is 0 Å². The third kappa shape index (κ3) is 2.89. The predicted octanol–water partition coefficient (Wildman–Crippen LogP) is 2.34. The van der Waals surface area contributed by atoms with Crippen LogP contribution in [0.5, 0.6) is 0 Å². The quantitative estimate of drug-likeness (QED) is 0.545. The van der Waals surface area contributed by atoms with Crippen molar-refractivity contribution >= 4 is 12.4 Å². The van der Waals surface area contributed by atoms with Crippen LogP contribution in [0.2, 0.25) is 0 Å². The maximum atomic E-state index is 5.88. The van der Waals surface area contributed by atoms with Gasteiger partial charge in [-0.25, -0.2) is 0 Å². The first-order valence-electron chi connectivity index (χ1n) is 4.06. The first-order valence-corrected chi connectivity index (χ1v) is 4.06. The summed E-state index contributed by atoms with van der Waals surface area (Å²) in [4.78, 5) is 0. The second-order valence-electron chi connectivity index (χ2n) is 3.28. The molecule has 0 bridgehead atoms. The van der Waals surface area contributed by atoms with Crippen LogP contribution < -0.4 is 5.73 Å². The van der Waals surface area contributed by atoms with Crippen molar-refractivity contribution in [3.05, 3.63) is 0 Å². The van der Waals surface area contributed by atoms with E-state index >= 15 is 0 Å². The molecule has 0 spiro atoms. The van der Waals surface area contributed by atoms with E-state index in [2.05, 4.69) is 6.92 Å². The van der Waals surface area contributed by atoms with Gasteiger partial charge in [0.2, 0.25) is 0 Å². The van der Waals surface area contributed by atoms with Gasteiger partial charge in [0.25, 0.3) is 0 Å². The van der Waals surface area contributed by atoms with E-state index in [1.165, 1.54) is 32.1 Å². The Morgan fingerprint density at radius 2 is 1.70 bits per heavy atom. The summed E-state index contributed by atoms with van der Waals surface area (Å²) in [5, 5.41) is 0. The maximum Gasteiger partial charge on any atom is 0.00645 e. The monoisotopic (exact) mass is 163 g/mol. The van der Waals surface area contributed by atoms with Gasteiger partial charge in [0, 0.05) is 6.04 Å². The summed E-state index contributed by atoms with van der Waals surface area (Å²) >= 11 is 0. The molecular weight excluding hydrogens is 146 g/mol. The molecule has 2 atom stereocenters. The minimum atomic E-state index is 0. The van der Waals surface area contributed by atoms with Gasteiger partial charge >= 0.3 is 0 Å². The Morgan fingerprint density at radius 3 is 2.40 bits per heavy atom. The summed E-state index contributed by atoms with van der Waals surface area (Å²) in [7, 11) is 0. The molecule has 1 saturated carbocycles. The Balaban J connectivity index is 0.000000810. The summed E-state index contributed by atoms with van der Waals surface area (Å²) < 4.78 is 0. The highest BCUT2D eigenvalue weighted by molar-refractivity contribution is 5.85. The molecule has 0 aliphatic heterocycles. The summed E-state index contributed by atoms with van der Waals surface area (Å²) in [6.07, 6.45) is 6.75. The molecule has 0 aromatic heterocycles. The van der Waals surface area contributed by atoms with Crippen LogP contribution in [-0.4, -0.2) is 6.04 Å². The molecule has 0 heterocycles. The molecule has 0 saturated heterocycles. The molecule has 1 rings (SSSR count). The van der Waals surface area contributed by atoms with Crippen LogP contribution in [0.4, 0.5) is 0 Å². The molecule has 1 fully saturated rings. The van der Waals surface area contributed by atoms with E-state index in [-0.39, 0.29) is 12.4 Å². The van der Waals surface area contributed by atoms with Gasteiger partial charge < -0.3 is 5.73 Å². The molecule has 0 aromatic rings. The van der Waals surface area contributed by atoms with Crippen LogP contribution in [0.1, 0.15) is 39.0 Å². The molecule has 62 valence electrons. The molecule has 0 aromatic carbocycles. The molecule has 0 radical (unpaired) electrons. The van der Waals surface area contributed by atoms with Crippen molar-refractivity contribution in [1.29, 1.82) is 0 Å². The normalized spacial score (nSPS) is 34.2. The lowest BCUT2D eigenvalue weighted by Gasteiger charge is -2.14. The molecule has 0 unspecified atom stereocenters. The van der Waals surface area contributed by atoms with Crippen molar-refractivity contribution in [3.63, 3.8) is 0 Å². The SMILES string of the molecule is C[C@@H]1CCCCC[C@@H]1N.Cl. The minimum absolute atomic E-state index is 0. The smallest absolute Gasteiger partial charge is 0.00645 e. The number of nitrogens with two attached hydrogens (primary N) is 1. The average molecular weight is 164 g/mol. The fourth-order valence-corrected chi connectivity index (χ4v) is 1.52. The van der Waals surface area contributed by atoms with E-state index in [1.54, 1.807) is 0 Å². The zero-order valence-electron chi connectivity index (χ0n) is 6.68. The third-order valence-corrected chi connectivity index (χ3v) is 2.43. The van der Waals surface area contributed by atoms with Gasteiger partial charge in [-0.15, -0.1) is 12.4 Å². The first-order chi connectivity index (χ1) is 4.30. The van der Waals surface area contributed by atoms with E-state index in [4.69, 9.17) is 5.73 Å². The topological polar surface area (TPSA) is 26.0 Å². The highest BCUT2D eigenvalue weighted by Gasteiger charge is 2.14. The molecule has 2 N–H and O–H groups in total. The van der Waals surface area contributed by atoms with Crippen molar-refractivity contribution in [2.24, 2.45) is 11.7 Å². The van der Waals surface area contributed by atoms with Crippen molar-refractivity contribution in [3.8, 4) is 0 Å². The molecule has 1 aliphatic carbocycles. The highest BCUT2D eigenvalue weighted by atomic mass is 35.5. The Morgan fingerprint density at radius 1 is 1.10 bits per heavy atom. The second kappa shape index (κ2) is 4.97. The Labute approximate surface area is 69.8 Å². The molecule has 1 nitrogen and oxygen atoms in total. The summed E-state index contributed by atoms with van der Waals surface area (Å²) in [5.74, 6) is 0.771. The first kappa shape index (κ1) is 10.2. The van der Waals surface area contributed by atoms with E-state index in [0.717, 1.165) is 5.92 Å². The van der Waals surface area contributed by atoms with Crippen LogP contribution in [0.25, 0.3) is 0 Å². The standard InChI is InChI=1S/C8H17N.ClH/c1-7-5-3-2-4-6-8(7)9;/h7-8H,2-6,9H2,1H3;1H/t7-,8+;/m1./s1. The fourth-order valence-electron chi connectivity index (χ4n) is 1.52. The van der Waals surface area contributed by atoms with E-state index in [9.17, 15) is 0 Å².